The minimum absolute atomic E-state index is 0.0328. The van der Waals surface area contributed by atoms with Gasteiger partial charge < -0.3 is 0 Å². The molecule has 7 nitrogen and oxygen atoms in total. The lowest BCUT2D eigenvalue weighted by Crippen LogP contribution is -2.18. The minimum Gasteiger partial charge on any atom is -0.276 e. The molecule has 30 heavy (non-hydrogen) atoms. The van der Waals surface area contributed by atoms with Crippen molar-refractivity contribution < 1.29 is 16.8 Å². The number of thiophene rings is 1. The Balaban J connectivity index is 1.67. The summed E-state index contributed by atoms with van der Waals surface area (Å²) in [7, 11) is -7.88. The Morgan fingerprint density at radius 1 is 0.833 bits per heavy atom. The minimum atomic E-state index is -3.95. The lowest BCUT2D eigenvalue weighted by atomic mass is 10.2. The van der Waals surface area contributed by atoms with Crippen LogP contribution in [-0.4, -0.2) is 21.8 Å². The fraction of sp³-hybridized carbons (Fsp3) is 0.0500. The van der Waals surface area contributed by atoms with Crippen LogP contribution in [0.1, 0.15) is 5.56 Å². The highest BCUT2D eigenvalue weighted by Crippen LogP contribution is 2.31. The van der Waals surface area contributed by atoms with Gasteiger partial charge in [-0.2, -0.15) is 0 Å². The Morgan fingerprint density at radius 3 is 2.33 bits per heavy atom. The van der Waals surface area contributed by atoms with Crippen LogP contribution in [-0.2, 0) is 20.0 Å². The number of hydrogen-bond acceptors (Lipinski definition) is 6. The van der Waals surface area contributed by atoms with E-state index >= 15 is 0 Å². The second kappa shape index (κ2) is 7.71. The Morgan fingerprint density at radius 2 is 1.57 bits per heavy atom. The molecule has 0 spiro atoms. The number of nitrogens with zero attached hydrogens (tertiary/aromatic N) is 1. The van der Waals surface area contributed by atoms with E-state index < -0.39 is 20.0 Å². The quantitative estimate of drug-likeness (QED) is 0.449. The van der Waals surface area contributed by atoms with Crippen LogP contribution in [0.25, 0.3) is 10.1 Å². The third-order valence-electron chi connectivity index (χ3n) is 4.33. The number of anilines is 2. The van der Waals surface area contributed by atoms with Gasteiger partial charge >= 0.3 is 0 Å². The third-order valence-corrected chi connectivity index (χ3v) is 8.79. The number of aryl methyl sites for hydroxylation is 1. The summed E-state index contributed by atoms with van der Waals surface area (Å²) in [5.41, 5.74) is 0.603. The smallest absolute Gasteiger partial charge is 0.272 e. The zero-order valence-corrected chi connectivity index (χ0v) is 18.2. The molecule has 2 heterocycles. The van der Waals surface area contributed by atoms with Crippen molar-refractivity contribution in [1.82, 2.24) is 4.98 Å². The lowest BCUT2D eigenvalue weighted by molar-refractivity contribution is 0.599. The highest BCUT2D eigenvalue weighted by molar-refractivity contribution is 7.95. The summed E-state index contributed by atoms with van der Waals surface area (Å²) in [6.07, 6.45) is 1.38. The van der Waals surface area contributed by atoms with E-state index in [0.717, 1.165) is 21.4 Å². The van der Waals surface area contributed by atoms with Gasteiger partial charge in [-0.05, 0) is 48.2 Å². The number of benzene rings is 2. The van der Waals surface area contributed by atoms with E-state index in [4.69, 9.17) is 0 Å². The number of fused-ring (bicyclic) bond motifs is 1. The predicted octanol–water partition coefficient (Wildman–Crippen LogP) is 4.21. The summed E-state index contributed by atoms with van der Waals surface area (Å²) in [5, 5.41) is 0.810. The lowest BCUT2D eigenvalue weighted by Gasteiger charge is -2.14. The van der Waals surface area contributed by atoms with E-state index in [1.165, 1.54) is 24.4 Å². The summed E-state index contributed by atoms with van der Waals surface area (Å²) in [4.78, 5) is 4.13. The highest BCUT2D eigenvalue weighted by atomic mass is 32.2. The molecule has 0 aliphatic rings. The molecule has 4 aromatic rings. The van der Waals surface area contributed by atoms with Crippen LogP contribution in [0.2, 0.25) is 0 Å². The van der Waals surface area contributed by atoms with Crippen LogP contribution in [0, 0.1) is 6.92 Å². The number of nitrogens with one attached hydrogen (secondary N) is 2. The van der Waals surface area contributed by atoms with Gasteiger partial charge in [-0.1, -0.05) is 36.4 Å². The van der Waals surface area contributed by atoms with E-state index in [9.17, 15) is 16.8 Å². The molecule has 0 aliphatic heterocycles. The first-order chi connectivity index (χ1) is 14.3. The number of pyridine rings is 1. The van der Waals surface area contributed by atoms with E-state index in [1.54, 1.807) is 31.2 Å². The van der Waals surface area contributed by atoms with E-state index in [0.29, 0.717) is 5.56 Å². The Labute approximate surface area is 178 Å². The number of hydrogen-bond donors (Lipinski definition) is 2. The standard InChI is InChI=1S/C20H17N3O4S3/c1-14-7-2-5-11-18(14)29(24,25)22-16-9-6-12-21-20(16)23-30(26,27)19-13-15-8-3-4-10-17(15)28-19/h2-13,22H,1H3,(H,21,23). The molecule has 10 heteroatoms. The molecule has 0 unspecified atom stereocenters. The molecule has 2 N–H and O–H groups in total. The Kier molecular flexibility index (Phi) is 5.22. The molecule has 0 amide bonds. The van der Waals surface area contributed by atoms with Crippen LogP contribution in [0.4, 0.5) is 11.5 Å². The van der Waals surface area contributed by atoms with Crippen molar-refractivity contribution in [2.45, 2.75) is 16.0 Å². The molecule has 0 saturated heterocycles. The average molecular weight is 460 g/mol. The van der Waals surface area contributed by atoms with Crippen molar-refractivity contribution in [3.8, 4) is 0 Å². The van der Waals surface area contributed by atoms with Crippen molar-refractivity contribution in [1.29, 1.82) is 0 Å². The summed E-state index contributed by atoms with van der Waals surface area (Å²) < 4.78 is 57.2. The summed E-state index contributed by atoms with van der Waals surface area (Å²) in [6, 6.07) is 18.4. The zero-order valence-electron chi connectivity index (χ0n) is 15.7. The van der Waals surface area contributed by atoms with E-state index in [2.05, 4.69) is 14.4 Å². The maximum absolute atomic E-state index is 12.9. The Bertz CT molecular complexity index is 1410. The van der Waals surface area contributed by atoms with Gasteiger partial charge in [0.15, 0.2) is 5.82 Å². The van der Waals surface area contributed by atoms with Gasteiger partial charge in [-0.25, -0.2) is 21.8 Å². The molecule has 0 saturated carbocycles. The molecule has 0 aliphatic carbocycles. The molecular formula is C20H17N3O4S3. The number of rotatable bonds is 6. The molecule has 0 bridgehead atoms. The van der Waals surface area contributed by atoms with Gasteiger partial charge in [0.25, 0.3) is 20.0 Å². The van der Waals surface area contributed by atoms with Gasteiger partial charge in [0.1, 0.15) is 4.21 Å². The van der Waals surface area contributed by atoms with Gasteiger partial charge in [0, 0.05) is 10.9 Å². The maximum Gasteiger partial charge on any atom is 0.272 e. The normalized spacial score (nSPS) is 12.0. The van der Waals surface area contributed by atoms with Crippen LogP contribution < -0.4 is 9.44 Å². The second-order valence-corrected chi connectivity index (χ2v) is 11.1. The second-order valence-electron chi connectivity index (χ2n) is 6.48. The maximum atomic E-state index is 12.9. The number of sulfonamides is 2. The van der Waals surface area contributed by atoms with Gasteiger partial charge in [0.2, 0.25) is 0 Å². The molecule has 0 atom stereocenters. The average Bonchev–Trinajstić information content (AvgIpc) is 3.15. The molecular weight excluding hydrogens is 442 g/mol. The largest absolute Gasteiger partial charge is 0.276 e. The van der Waals surface area contributed by atoms with Crippen molar-refractivity contribution in [2.75, 3.05) is 9.44 Å². The van der Waals surface area contributed by atoms with Crippen molar-refractivity contribution in [2.24, 2.45) is 0 Å². The van der Waals surface area contributed by atoms with E-state index in [-0.39, 0.29) is 20.6 Å². The number of aromatic nitrogens is 1. The fourth-order valence-electron chi connectivity index (χ4n) is 2.89. The first kappa shape index (κ1) is 20.3. The molecule has 4 rings (SSSR count). The zero-order chi connectivity index (χ0) is 21.4. The summed E-state index contributed by atoms with van der Waals surface area (Å²) >= 11 is 1.12. The van der Waals surface area contributed by atoms with Crippen LogP contribution >= 0.6 is 11.3 Å². The first-order valence-corrected chi connectivity index (χ1v) is 12.6. The molecule has 0 fully saturated rings. The van der Waals surface area contributed by atoms with E-state index in [1.807, 2.05) is 24.3 Å². The van der Waals surface area contributed by atoms with Crippen LogP contribution in [0.15, 0.2) is 82.0 Å². The van der Waals surface area contributed by atoms with Gasteiger partial charge in [0.05, 0.1) is 10.6 Å². The SMILES string of the molecule is Cc1ccccc1S(=O)(=O)Nc1cccnc1NS(=O)(=O)c1cc2ccccc2s1. The van der Waals surface area contributed by atoms with Gasteiger partial charge in [-0.3, -0.25) is 9.44 Å². The van der Waals surface area contributed by atoms with Gasteiger partial charge in [-0.15, -0.1) is 11.3 Å². The van der Waals surface area contributed by atoms with Crippen molar-refractivity contribution >= 4 is 53.0 Å². The van der Waals surface area contributed by atoms with Crippen LogP contribution in [0.5, 0.6) is 0 Å². The van der Waals surface area contributed by atoms with Crippen LogP contribution in [0.3, 0.4) is 0 Å². The first-order valence-electron chi connectivity index (χ1n) is 8.81. The molecule has 2 aromatic heterocycles. The molecule has 154 valence electrons. The Hall–Kier alpha value is -2.95. The molecule has 0 radical (unpaired) electrons. The topological polar surface area (TPSA) is 105 Å². The molecule has 2 aromatic carbocycles. The van der Waals surface area contributed by atoms with Crippen molar-refractivity contribution in [3.05, 3.63) is 78.5 Å². The van der Waals surface area contributed by atoms with Crippen molar-refractivity contribution in [3.63, 3.8) is 0 Å². The summed E-state index contributed by atoms with van der Waals surface area (Å²) in [5.74, 6) is -0.105. The predicted molar refractivity (Wildman–Crippen MR) is 119 cm³/mol. The fourth-order valence-corrected chi connectivity index (χ4v) is 6.64. The summed E-state index contributed by atoms with van der Waals surface area (Å²) in [6.45, 7) is 1.68. The third kappa shape index (κ3) is 4.02. The highest BCUT2D eigenvalue weighted by Gasteiger charge is 2.23. The monoisotopic (exact) mass is 459 g/mol.